The maximum Gasteiger partial charge on any atom is 0.260 e. The summed E-state index contributed by atoms with van der Waals surface area (Å²) in [6, 6.07) is 16.3. The Hall–Kier alpha value is -4.66. The molecule has 0 spiro atoms. The highest BCUT2D eigenvalue weighted by Crippen LogP contribution is 2.35. The number of rotatable bonds is 5. The van der Waals surface area contributed by atoms with Crippen LogP contribution in [0.1, 0.15) is 45.8 Å². The van der Waals surface area contributed by atoms with Gasteiger partial charge in [-0.05, 0) is 54.4 Å². The Morgan fingerprint density at radius 3 is 2.58 bits per heavy atom. The molecule has 38 heavy (non-hydrogen) atoms. The molecule has 0 saturated carbocycles. The predicted molar refractivity (Wildman–Crippen MR) is 142 cm³/mol. The van der Waals surface area contributed by atoms with E-state index in [0.29, 0.717) is 23.8 Å². The minimum Gasteiger partial charge on any atom is -0.331 e. The molecule has 1 atom stereocenters. The number of amides is 1. The number of hydrogen-bond acceptors (Lipinski definition) is 5. The van der Waals surface area contributed by atoms with Gasteiger partial charge in [0.1, 0.15) is 23.8 Å². The monoisotopic (exact) mass is 507 g/mol. The molecule has 5 aromatic rings. The molecule has 0 radical (unpaired) electrons. The minimum absolute atomic E-state index is 0.0378. The van der Waals surface area contributed by atoms with Gasteiger partial charge in [0.15, 0.2) is 5.82 Å². The molecular weight excluding hydrogens is 481 g/mol. The van der Waals surface area contributed by atoms with Gasteiger partial charge in [-0.25, -0.2) is 14.4 Å². The molecule has 6 rings (SSSR count). The maximum atomic E-state index is 14.2. The smallest absolute Gasteiger partial charge is 0.260 e. The Balaban J connectivity index is 1.37. The average Bonchev–Trinajstić information content (AvgIpc) is 3.60. The molecular formula is C29H26FN7O. The van der Waals surface area contributed by atoms with E-state index in [1.807, 2.05) is 62.0 Å². The summed E-state index contributed by atoms with van der Waals surface area (Å²) in [4.78, 5) is 24.3. The molecule has 0 aliphatic carbocycles. The van der Waals surface area contributed by atoms with Crippen LogP contribution in [-0.2, 0) is 20.6 Å². The van der Waals surface area contributed by atoms with Crippen molar-refractivity contribution in [3.63, 3.8) is 0 Å². The van der Waals surface area contributed by atoms with E-state index in [9.17, 15) is 9.18 Å². The van der Waals surface area contributed by atoms with Gasteiger partial charge in [-0.15, -0.1) is 10.2 Å². The highest BCUT2D eigenvalue weighted by Gasteiger charge is 2.30. The molecule has 1 aliphatic rings. The third-order valence-electron chi connectivity index (χ3n) is 7.18. The highest BCUT2D eigenvalue weighted by molar-refractivity contribution is 6.09. The van der Waals surface area contributed by atoms with Crippen molar-refractivity contribution in [2.75, 3.05) is 4.90 Å². The fraction of sp³-hybridized carbons (Fsp3) is 0.207. The summed E-state index contributed by atoms with van der Waals surface area (Å²) >= 11 is 0. The van der Waals surface area contributed by atoms with Crippen LogP contribution in [0.15, 0.2) is 67.1 Å². The van der Waals surface area contributed by atoms with Gasteiger partial charge in [-0.1, -0.05) is 25.1 Å². The van der Waals surface area contributed by atoms with Crippen molar-refractivity contribution >= 4 is 11.7 Å². The summed E-state index contributed by atoms with van der Waals surface area (Å²) in [5.74, 6) is 1.56. The number of aromatic nitrogens is 6. The van der Waals surface area contributed by atoms with Gasteiger partial charge in [-0.3, -0.25) is 9.69 Å². The van der Waals surface area contributed by atoms with Gasteiger partial charge in [0.25, 0.3) is 5.91 Å². The fourth-order valence-corrected chi connectivity index (χ4v) is 5.18. The van der Waals surface area contributed by atoms with E-state index in [4.69, 9.17) is 4.98 Å². The van der Waals surface area contributed by atoms with Crippen molar-refractivity contribution < 1.29 is 9.18 Å². The first-order valence-corrected chi connectivity index (χ1v) is 12.4. The van der Waals surface area contributed by atoms with E-state index in [-0.39, 0.29) is 17.6 Å². The summed E-state index contributed by atoms with van der Waals surface area (Å²) in [6.45, 7) is 4.52. The van der Waals surface area contributed by atoms with Crippen LogP contribution in [-0.4, -0.2) is 35.2 Å². The van der Waals surface area contributed by atoms with Crippen LogP contribution < -0.4 is 4.90 Å². The lowest BCUT2D eigenvalue weighted by molar-refractivity contribution is 0.0996. The van der Waals surface area contributed by atoms with Crippen LogP contribution in [0, 0.1) is 12.7 Å². The van der Waals surface area contributed by atoms with Crippen molar-refractivity contribution in [1.82, 2.24) is 29.3 Å². The Morgan fingerprint density at radius 2 is 1.82 bits per heavy atom. The van der Waals surface area contributed by atoms with Crippen LogP contribution >= 0.6 is 0 Å². The normalized spacial score (nSPS) is 13.7. The van der Waals surface area contributed by atoms with E-state index in [1.165, 1.54) is 12.1 Å². The molecule has 1 unspecified atom stereocenters. The Kier molecular flexibility index (Phi) is 5.63. The third-order valence-corrected chi connectivity index (χ3v) is 7.18. The topological polar surface area (TPSA) is 81.7 Å². The number of halogens is 1. The number of hydrogen-bond donors (Lipinski definition) is 0. The van der Waals surface area contributed by atoms with Crippen molar-refractivity contribution in [2.45, 2.75) is 26.3 Å². The number of aryl methyl sites for hydroxylation is 2. The fourth-order valence-electron chi connectivity index (χ4n) is 5.18. The van der Waals surface area contributed by atoms with Gasteiger partial charge in [0.05, 0.1) is 18.4 Å². The highest BCUT2D eigenvalue weighted by atomic mass is 19.1. The van der Waals surface area contributed by atoms with Crippen LogP contribution in [0.5, 0.6) is 0 Å². The maximum absolute atomic E-state index is 14.2. The van der Waals surface area contributed by atoms with Crippen molar-refractivity contribution in [3.05, 3.63) is 101 Å². The second-order valence-electron chi connectivity index (χ2n) is 9.69. The number of benzene rings is 2. The van der Waals surface area contributed by atoms with Crippen LogP contribution in [0.4, 0.5) is 10.2 Å². The van der Waals surface area contributed by atoms with Gasteiger partial charge in [-0.2, -0.15) is 0 Å². The summed E-state index contributed by atoms with van der Waals surface area (Å²) in [5, 5.41) is 8.15. The van der Waals surface area contributed by atoms with Gasteiger partial charge in [0, 0.05) is 42.4 Å². The van der Waals surface area contributed by atoms with Crippen molar-refractivity contribution in [3.8, 4) is 22.6 Å². The van der Waals surface area contributed by atoms with E-state index < -0.39 is 0 Å². The van der Waals surface area contributed by atoms with E-state index >= 15 is 0 Å². The number of carbonyl (C=O) groups is 1. The average molecular weight is 508 g/mol. The zero-order chi connectivity index (χ0) is 26.6. The number of pyridine rings is 1. The summed E-state index contributed by atoms with van der Waals surface area (Å²) in [6.07, 6.45) is 3.39. The molecule has 1 amide bonds. The Labute approximate surface area is 219 Å². The third kappa shape index (κ3) is 3.87. The number of fused-ring (bicyclic) bond motifs is 1. The first-order valence-electron chi connectivity index (χ1n) is 12.4. The minimum atomic E-state index is -0.346. The van der Waals surface area contributed by atoms with Gasteiger partial charge < -0.3 is 9.13 Å². The zero-order valence-corrected chi connectivity index (χ0v) is 21.6. The lowest BCUT2D eigenvalue weighted by Gasteiger charge is -2.19. The molecule has 1 aliphatic heterocycles. The van der Waals surface area contributed by atoms with E-state index in [0.717, 1.165) is 39.5 Å². The Bertz CT molecular complexity index is 1700. The SMILES string of the molecule is Cc1cc(C(C)c2ncc(-c3ccc(F)cc3-c3nncn3C)n2C)cc(N2Cc3ccccc3C2=O)n1. The molecule has 2 aromatic carbocycles. The lowest BCUT2D eigenvalue weighted by Crippen LogP contribution is -2.24. The molecule has 0 saturated heterocycles. The molecule has 0 bridgehead atoms. The molecule has 9 heteroatoms. The lowest BCUT2D eigenvalue weighted by atomic mass is 10.00. The van der Waals surface area contributed by atoms with E-state index in [2.05, 4.69) is 22.1 Å². The standard InChI is InChI=1S/C29H26FN7O/c1-17-11-20(12-26(33-17)37-15-19-7-5-6-8-22(19)29(37)38)18(2)27-31-14-25(36(27)4)23-10-9-21(30)13-24(23)28-34-32-16-35(28)3/h5-14,16,18H,15H2,1-4H3. The zero-order valence-electron chi connectivity index (χ0n) is 21.6. The second kappa shape index (κ2) is 9.02. The second-order valence-corrected chi connectivity index (χ2v) is 9.69. The van der Waals surface area contributed by atoms with E-state index in [1.54, 1.807) is 28.1 Å². The summed E-state index contributed by atoms with van der Waals surface area (Å²) in [7, 11) is 3.78. The number of anilines is 1. The molecule has 0 N–H and O–H groups in total. The molecule has 3 aromatic heterocycles. The molecule has 0 fully saturated rings. The molecule has 190 valence electrons. The van der Waals surface area contributed by atoms with Gasteiger partial charge >= 0.3 is 0 Å². The number of imidazole rings is 1. The summed E-state index contributed by atoms with van der Waals surface area (Å²) in [5.41, 5.74) is 5.83. The molecule has 4 heterocycles. The van der Waals surface area contributed by atoms with Crippen molar-refractivity contribution in [2.24, 2.45) is 14.1 Å². The summed E-state index contributed by atoms with van der Waals surface area (Å²) < 4.78 is 18.0. The number of nitrogens with zero attached hydrogens (tertiary/aromatic N) is 7. The first kappa shape index (κ1) is 23.7. The largest absolute Gasteiger partial charge is 0.331 e. The molecule has 8 nitrogen and oxygen atoms in total. The van der Waals surface area contributed by atoms with Crippen LogP contribution in [0.3, 0.4) is 0 Å². The van der Waals surface area contributed by atoms with Gasteiger partial charge in [0.2, 0.25) is 0 Å². The predicted octanol–water partition coefficient (Wildman–Crippen LogP) is 5.04. The van der Waals surface area contributed by atoms with Crippen molar-refractivity contribution in [1.29, 1.82) is 0 Å². The first-order chi connectivity index (χ1) is 18.3. The number of carbonyl (C=O) groups excluding carboxylic acids is 1. The van der Waals surface area contributed by atoms with Crippen LogP contribution in [0.25, 0.3) is 22.6 Å². The Morgan fingerprint density at radius 1 is 1.00 bits per heavy atom. The van der Waals surface area contributed by atoms with Crippen LogP contribution in [0.2, 0.25) is 0 Å². The quantitative estimate of drug-likeness (QED) is 0.333.